The third-order valence-electron chi connectivity index (χ3n) is 3.73. The Labute approximate surface area is 130 Å². The van der Waals surface area contributed by atoms with Gasteiger partial charge in [-0.1, -0.05) is 23.2 Å². The second-order valence-electron chi connectivity index (χ2n) is 5.51. The number of piperidine rings is 1. The summed E-state index contributed by atoms with van der Waals surface area (Å²) in [6.45, 7) is 3.01. The van der Waals surface area contributed by atoms with Gasteiger partial charge in [0.1, 0.15) is 0 Å². The van der Waals surface area contributed by atoms with E-state index < -0.39 is 0 Å². The summed E-state index contributed by atoms with van der Waals surface area (Å²) in [7, 11) is 0. The van der Waals surface area contributed by atoms with Gasteiger partial charge in [0.15, 0.2) is 0 Å². The lowest BCUT2D eigenvalue weighted by Crippen LogP contribution is -2.38. The van der Waals surface area contributed by atoms with Crippen molar-refractivity contribution in [1.29, 1.82) is 0 Å². The largest absolute Gasteiger partial charge is 0.370 e. The van der Waals surface area contributed by atoms with E-state index in [2.05, 4.69) is 4.90 Å². The summed E-state index contributed by atoms with van der Waals surface area (Å²) < 4.78 is 0. The fourth-order valence-electron chi connectivity index (χ4n) is 2.85. The van der Waals surface area contributed by atoms with E-state index in [9.17, 15) is 4.79 Å². The average Bonchev–Trinajstić information content (AvgIpc) is 2.35. The lowest BCUT2D eigenvalue weighted by atomic mass is 9.94. The van der Waals surface area contributed by atoms with E-state index in [4.69, 9.17) is 28.9 Å². The van der Waals surface area contributed by atoms with Gasteiger partial charge in [-0.25, -0.2) is 0 Å². The van der Waals surface area contributed by atoms with E-state index in [-0.39, 0.29) is 5.91 Å². The van der Waals surface area contributed by atoms with Gasteiger partial charge >= 0.3 is 0 Å². The maximum Gasteiger partial charge on any atom is 0.217 e. The normalized spacial score (nSPS) is 20.0. The molecule has 1 aromatic carbocycles. The summed E-state index contributed by atoms with van der Waals surface area (Å²) in [5.74, 6) is 0.211. The number of nitrogens with two attached hydrogens (primary N) is 1. The Kier molecular flexibility index (Phi) is 5.70. The lowest BCUT2D eigenvalue weighted by Gasteiger charge is -2.32. The van der Waals surface area contributed by atoms with Crippen LogP contribution < -0.4 is 5.73 Å². The van der Waals surface area contributed by atoms with Crippen molar-refractivity contribution in [3.63, 3.8) is 0 Å². The van der Waals surface area contributed by atoms with Crippen LogP contribution in [-0.2, 0) is 11.2 Å². The highest BCUT2D eigenvalue weighted by Crippen LogP contribution is 2.22. The molecule has 0 spiro atoms. The van der Waals surface area contributed by atoms with Crippen molar-refractivity contribution in [1.82, 2.24) is 4.90 Å². The van der Waals surface area contributed by atoms with Gasteiger partial charge in [-0.2, -0.15) is 0 Å². The molecule has 1 saturated heterocycles. The molecule has 1 aromatic rings. The van der Waals surface area contributed by atoms with Crippen molar-refractivity contribution in [3.05, 3.63) is 33.8 Å². The number of hydrogen-bond acceptors (Lipinski definition) is 2. The highest BCUT2D eigenvalue weighted by Gasteiger charge is 2.21. The molecule has 1 heterocycles. The smallest absolute Gasteiger partial charge is 0.217 e. The summed E-state index contributed by atoms with van der Waals surface area (Å²) in [6, 6.07) is 5.66. The van der Waals surface area contributed by atoms with Crippen molar-refractivity contribution < 1.29 is 4.79 Å². The highest BCUT2D eigenvalue weighted by atomic mass is 35.5. The molecule has 1 atom stereocenters. The third-order valence-corrected chi connectivity index (χ3v) is 4.17. The van der Waals surface area contributed by atoms with E-state index in [0.717, 1.165) is 44.5 Å². The Morgan fingerprint density at radius 3 is 2.65 bits per heavy atom. The van der Waals surface area contributed by atoms with Crippen LogP contribution in [0, 0.1) is 5.92 Å². The summed E-state index contributed by atoms with van der Waals surface area (Å²) in [5, 5.41) is 1.36. The maximum atomic E-state index is 11.0. The van der Waals surface area contributed by atoms with Crippen molar-refractivity contribution in [3.8, 4) is 0 Å². The molecule has 0 bridgehead atoms. The first-order valence-electron chi connectivity index (χ1n) is 6.98. The second kappa shape index (κ2) is 7.30. The standard InChI is InChI=1S/C15H20Cl2N2O/c16-13-6-11(7-14(17)9-13)3-5-19-4-1-2-12(10-19)8-15(18)20/h6-7,9,12H,1-5,8,10H2,(H2,18,20)/t12-/m1/s1. The Bertz CT molecular complexity index is 459. The Morgan fingerprint density at radius 1 is 1.30 bits per heavy atom. The summed E-state index contributed by atoms with van der Waals surface area (Å²) in [4.78, 5) is 13.4. The molecule has 1 fully saturated rings. The van der Waals surface area contributed by atoms with Gasteiger partial charge in [-0.15, -0.1) is 0 Å². The highest BCUT2D eigenvalue weighted by molar-refractivity contribution is 6.34. The molecular weight excluding hydrogens is 295 g/mol. The maximum absolute atomic E-state index is 11.0. The number of benzene rings is 1. The Balaban J connectivity index is 1.85. The molecule has 2 rings (SSSR count). The van der Waals surface area contributed by atoms with Gasteiger partial charge < -0.3 is 10.6 Å². The quantitative estimate of drug-likeness (QED) is 0.907. The number of primary amides is 1. The number of carbonyl (C=O) groups is 1. The van der Waals surface area contributed by atoms with E-state index in [0.29, 0.717) is 22.4 Å². The molecule has 0 unspecified atom stereocenters. The van der Waals surface area contributed by atoms with Crippen LogP contribution in [0.3, 0.4) is 0 Å². The zero-order valence-corrected chi connectivity index (χ0v) is 13.0. The minimum Gasteiger partial charge on any atom is -0.370 e. The zero-order valence-electron chi connectivity index (χ0n) is 11.4. The number of nitrogens with zero attached hydrogens (tertiary/aromatic N) is 1. The van der Waals surface area contributed by atoms with Crippen LogP contribution in [0.4, 0.5) is 0 Å². The Morgan fingerprint density at radius 2 is 2.00 bits per heavy atom. The van der Waals surface area contributed by atoms with Crippen LogP contribution in [0.25, 0.3) is 0 Å². The average molecular weight is 315 g/mol. The minimum atomic E-state index is -0.196. The fraction of sp³-hybridized carbons (Fsp3) is 0.533. The zero-order chi connectivity index (χ0) is 14.5. The first-order valence-corrected chi connectivity index (χ1v) is 7.74. The van der Waals surface area contributed by atoms with Crippen molar-refractivity contribution in [2.24, 2.45) is 11.7 Å². The van der Waals surface area contributed by atoms with E-state index in [1.165, 1.54) is 0 Å². The molecule has 0 aliphatic carbocycles. The third kappa shape index (κ3) is 4.97. The van der Waals surface area contributed by atoms with Crippen LogP contribution in [0.15, 0.2) is 18.2 Å². The van der Waals surface area contributed by atoms with Crippen LogP contribution in [0.1, 0.15) is 24.8 Å². The van der Waals surface area contributed by atoms with Crippen molar-refractivity contribution >= 4 is 29.1 Å². The predicted molar refractivity (Wildman–Crippen MR) is 83.1 cm³/mol. The first kappa shape index (κ1) is 15.6. The van der Waals surface area contributed by atoms with Crippen LogP contribution >= 0.6 is 23.2 Å². The molecule has 5 heteroatoms. The molecule has 3 nitrogen and oxygen atoms in total. The topological polar surface area (TPSA) is 46.3 Å². The van der Waals surface area contributed by atoms with Gasteiger partial charge in [-0.3, -0.25) is 4.79 Å². The molecular formula is C15H20Cl2N2O. The van der Waals surface area contributed by atoms with Crippen LogP contribution in [-0.4, -0.2) is 30.4 Å². The Hall–Kier alpha value is -0.770. The van der Waals surface area contributed by atoms with E-state index in [1.807, 2.05) is 12.1 Å². The molecule has 0 radical (unpaired) electrons. The SMILES string of the molecule is NC(=O)C[C@H]1CCCN(CCc2cc(Cl)cc(Cl)c2)C1. The summed E-state index contributed by atoms with van der Waals surface area (Å²) in [6.07, 6.45) is 3.65. The van der Waals surface area contributed by atoms with Crippen LogP contribution in [0.5, 0.6) is 0 Å². The number of hydrogen-bond donors (Lipinski definition) is 1. The molecule has 20 heavy (non-hydrogen) atoms. The lowest BCUT2D eigenvalue weighted by molar-refractivity contribution is -0.119. The molecule has 1 amide bonds. The molecule has 0 aromatic heterocycles. The monoisotopic (exact) mass is 314 g/mol. The van der Waals surface area contributed by atoms with E-state index in [1.54, 1.807) is 6.07 Å². The summed E-state index contributed by atoms with van der Waals surface area (Å²) >= 11 is 12.0. The van der Waals surface area contributed by atoms with Gasteiger partial charge in [-0.05, 0) is 55.5 Å². The molecule has 0 saturated carbocycles. The minimum absolute atomic E-state index is 0.196. The van der Waals surface area contributed by atoms with E-state index >= 15 is 0 Å². The number of halogens is 2. The number of likely N-dealkylation sites (tertiary alicyclic amines) is 1. The van der Waals surface area contributed by atoms with Crippen LogP contribution in [0.2, 0.25) is 10.0 Å². The van der Waals surface area contributed by atoms with Gasteiger partial charge in [0, 0.05) is 29.6 Å². The fourth-order valence-corrected chi connectivity index (χ4v) is 3.42. The molecule has 2 N–H and O–H groups in total. The first-order chi connectivity index (χ1) is 9.52. The molecule has 1 aliphatic rings. The molecule has 1 aliphatic heterocycles. The summed E-state index contributed by atoms with van der Waals surface area (Å²) in [5.41, 5.74) is 6.43. The number of rotatable bonds is 5. The predicted octanol–water partition coefficient (Wildman–Crippen LogP) is 3.12. The van der Waals surface area contributed by atoms with Crippen molar-refractivity contribution in [2.45, 2.75) is 25.7 Å². The van der Waals surface area contributed by atoms with Crippen molar-refractivity contribution in [2.75, 3.05) is 19.6 Å². The number of carbonyl (C=O) groups excluding carboxylic acids is 1. The van der Waals surface area contributed by atoms with Gasteiger partial charge in [0.05, 0.1) is 0 Å². The van der Waals surface area contributed by atoms with Gasteiger partial charge in [0.25, 0.3) is 0 Å². The second-order valence-corrected chi connectivity index (χ2v) is 6.38. The number of amides is 1. The molecule has 110 valence electrons. The van der Waals surface area contributed by atoms with Gasteiger partial charge in [0.2, 0.25) is 5.91 Å².